The summed E-state index contributed by atoms with van der Waals surface area (Å²) in [7, 11) is -3.15. The molecule has 2 fully saturated rings. The topological polar surface area (TPSA) is 84.2 Å². The third-order valence-electron chi connectivity index (χ3n) is 5.38. The zero-order valence-electron chi connectivity index (χ0n) is 15.5. The van der Waals surface area contributed by atoms with E-state index in [1.807, 2.05) is 8.99 Å². The second-order valence-corrected chi connectivity index (χ2v) is 9.56. The maximum atomic E-state index is 12.3. The molecule has 1 unspecified atom stereocenters. The second-order valence-electron chi connectivity index (χ2n) is 7.67. The van der Waals surface area contributed by atoms with Gasteiger partial charge in [-0.2, -0.15) is 4.31 Å². The summed E-state index contributed by atoms with van der Waals surface area (Å²) in [5.74, 6) is 0.882. The normalized spacial score (nSPS) is 23.8. The number of aromatic nitrogens is 4. The summed E-state index contributed by atoms with van der Waals surface area (Å²) >= 11 is 0. The molecule has 1 aromatic heterocycles. The second kappa shape index (κ2) is 7.67. The molecule has 2 heterocycles. The van der Waals surface area contributed by atoms with Crippen molar-refractivity contribution in [2.45, 2.75) is 77.0 Å². The minimum Gasteiger partial charge on any atom is -0.296 e. The quantitative estimate of drug-likeness (QED) is 0.753. The molecule has 1 atom stereocenters. The fourth-order valence-corrected chi connectivity index (χ4v) is 5.45. The third kappa shape index (κ3) is 4.38. The summed E-state index contributed by atoms with van der Waals surface area (Å²) < 4.78 is 28.3. The molecule has 0 spiro atoms. The fraction of sp³-hybridized carbons (Fsp3) is 0.938. The van der Waals surface area contributed by atoms with Crippen molar-refractivity contribution in [3.05, 3.63) is 5.82 Å². The van der Waals surface area contributed by atoms with Crippen LogP contribution in [0.4, 0.5) is 0 Å². The molecule has 1 aromatic rings. The van der Waals surface area contributed by atoms with Gasteiger partial charge in [-0.3, -0.25) is 4.90 Å². The van der Waals surface area contributed by atoms with E-state index in [1.165, 1.54) is 6.26 Å². The van der Waals surface area contributed by atoms with E-state index in [-0.39, 0.29) is 18.1 Å². The van der Waals surface area contributed by atoms with Crippen LogP contribution in [0.25, 0.3) is 0 Å². The lowest BCUT2D eigenvalue weighted by molar-refractivity contribution is 0.160. The van der Waals surface area contributed by atoms with Gasteiger partial charge in [0.05, 0.1) is 18.8 Å². The van der Waals surface area contributed by atoms with Crippen LogP contribution in [0, 0.1) is 0 Å². The maximum absolute atomic E-state index is 12.3. The highest BCUT2D eigenvalue weighted by molar-refractivity contribution is 7.88. The third-order valence-corrected chi connectivity index (χ3v) is 6.74. The molecule has 25 heavy (non-hydrogen) atoms. The number of likely N-dealkylation sites (tertiary alicyclic amines) is 1. The van der Waals surface area contributed by atoms with Crippen molar-refractivity contribution in [2.75, 3.05) is 19.3 Å². The number of nitrogens with zero attached hydrogens (tertiary/aromatic N) is 6. The molecule has 0 bridgehead atoms. The molecule has 142 valence electrons. The smallest absolute Gasteiger partial charge is 0.211 e. The number of sulfonamides is 1. The Balaban J connectivity index is 1.64. The van der Waals surface area contributed by atoms with E-state index in [9.17, 15) is 8.42 Å². The van der Waals surface area contributed by atoms with Gasteiger partial charge in [0.1, 0.15) is 0 Å². The molecular formula is C16H30N6O2S. The number of rotatable bonds is 6. The minimum absolute atomic E-state index is 0.131. The van der Waals surface area contributed by atoms with Crippen molar-refractivity contribution < 1.29 is 8.42 Å². The van der Waals surface area contributed by atoms with Crippen LogP contribution in [0.15, 0.2) is 0 Å². The van der Waals surface area contributed by atoms with Crippen LogP contribution in [-0.2, 0) is 16.6 Å². The first-order chi connectivity index (χ1) is 11.9. The lowest BCUT2D eigenvalue weighted by atomic mass is 9.91. The number of hydrogen-bond acceptors (Lipinski definition) is 6. The van der Waals surface area contributed by atoms with Gasteiger partial charge in [0, 0.05) is 18.6 Å². The molecule has 3 rings (SSSR count). The van der Waals surface area contributed by atoms with Crippen LogP contribution >= 0.6 is 0 Å². The van der Waals surface area contributed by atoms with Gasteiger partial charge in [0.2, 0.25) is 10.0 Å². The standard InChI is InChI=1S/C16H30N6O2S/c1-13(2)21-16(17-18-19-21)12-20-10-5-8-15(9-11-20)22(25(3,23)24)14-6-4-7-14/h13-15H,4-12H2,1-3H3. The maximum Gasteiger partial charge on any atom is 0.211 e. The van der Waals surface area contributed by atoms with Gasteiger partial charge in [-0.25, -0.2) is 13.1 Å². The summed E-state index contributed by atoms with van der Waals surface area (Å²) in [5.41, 5.74) is 0. The van der Waals surface area contributed by atoms with E-state index in [0.29, 0.717) is 0 Å². The van der Waals surface area contributed by atoms with E-state index in [2.05, 4.69) is 34.3 Å². The Bertz CT molecular complexity index is 670. The van der Waals surface area contributed by atoms with Crippen LogP contribution in [0.5, 0.6) is 0 Å². The van der Waals surface area contributed by atoms with Gasteiger partial charge in [0.15, 0.2) is 5.82 Å². The molecule has 0 aromatic carbocycles. The molecule has 0 amide bonds. The Labute approximate surface area is 150 Å². The van der Waals surface area contributed by atoms with E-state index >= 15 is 0 Å². The Hall–Kier alpha value is -1.06. The van der Waals surface area contributed by atoms with Crippen LogP contribution in [0.1, 0.15) is 64.2 Å². The summed E-state index contributed by atoms with van der Waals surface area (Å²) in [6.45, 7) is 6.71. The molecule has 1 saturated heterocycles. The molecule has 0 radical (unpaired) electrons. The zero-order valence-corrected chi connectivity index (χ0v) is 16.3. The SMILES string of the molecule is CC(C)n1nnnc1CN1CCCC(N(C2CCC2)S(C)(=O)=O)CC1. The molecule has 9 heteroatoms. The van der Waals surface area contributed by atoms with Crippen molar-refractivity contribution in [1.82, 2.24) is 29.4 Å². The minimum atomic E-state index is -3.15. The number of hydrogen-bond donors (Lipinski definition) is 0. The highest BCUT2D eigenvalue weighted by atomic mass is 32.2. The van der Waals surface area contributed by atoms with E-state index in [4.69, 9.17) is 0 Å². The van der Waals surface area contributed by atoms with Gasteiger partial charge in [-0.15, -0.1) is 5.10 Å². The molecular weight excluding hydrogens is 340 g/mol. The highest BCUT2D eigenvalue weighted by Gasteiger charge is 2.37. The zero-order chi connectivity index (χ0) is 18.0. The molecule has 8 nitrogen and oxygen atoms in total. The average Bonchev–Trinajstić information content (AvgIpc) is 2.81. The van der Waals surface area contributed by atoms with E-state index in [0.717, 1.165) is 64.0 Å². The van der Waals surface area contributed by atoms with E-state index in [1.54, 1.807) is 0 Å². The number of tetrazole rings is 1. The first kappa shape index (κ1) is 18.7. The van der Waals surface area contributed by atoms with Crippen molar-refractivity contribution >= 4 is 10.0 Å². The van der Waals surface area contributed by atoms with Crippen LogP contribution in [0.2, 0.25) is 0 Å². The van der Waals surface area contributed by atoms with Crippen molar-refractivity contribution in [3.63, 3.8) is 0 Å². The van der Waals surface area contributed by atoms with Gasteiger partial charge < -0.3 is 0 Å². The van der Waals surface area contributed by atoms with Crippen LogP contribution in [0.3, 0.4) is 0 Å². The monoisotopic (exact) mass is 370 g/mol. The van der Waals surface area contributed by atoms with Gasteiger partial charge in [0.25, 0.3) is 0 Å². The van der Waals surface area contributed by atoms with Crippen molar-refractivity contribution in [1.29, 1.82) is 0 Å². The predicted octanol–water partition coefficient (Wildman–Crippen LogP) is 1.42. The molecule has 1 aliphatic heterocycles. The van der Waals surface area contributed by atoms with Gasteiger partial charge >= 0.3 is 0 Å². The van der Waals surface area contributed by atoms with E-state index < -0.39 is 10.0 Å². The van der Waals surface area contributed by atoms with Crippen molar-refractivity contribution in [3.8, 4) is 0 Å². The summed E-state index contributed by atoms with van der Waals surface area (Å²) in [6.07, 6.45) is 7.36. The first-order valence-corrected chi connectivity index (χ1v) is 11.2. The van der Waals surface area contributed by atoms with Crippen LogP contribution < -0.4 is 0 Å². The first-order valence-electron chi connectivity index (χ1n) is 9.34. The fourth-order valence-electron chi connectivity index (χ4n) is 3.95. The largest absolute Gasteiger partial charge is 0.296 e. The summed E-state index contributed by atoms with van der Waals surface area (Å²) in [4.78, 5) is 2.35. The Morgan fingerprint density at radius 2 is 1.80 bits per heavy atom. The average molecular weight is 371 g/mol. The summed E-state index contributed by atoms with van der Waals surface area (Å²) in [5, 5.41) is 12.0. The molecule has 1 aliphatic carbocycles. The molecule has 1 saturated carbocycles. The molecule has 2 aliphatic rings. The predicted molar refractivity (Wildman–Crippen MR) is 95.4 cm³/mol. The Morgan fingerprint density at radius 1 is 1.12 bits per heavy atom. The Morgan fingerprint density at radius 3 is 2.40 bits per heavy atom. The van der Waals surface area contributed by atoms with Gasteiger partial charge in [-0.1, -0.05) is 6.42 Å². The lowest BCUT2D eigenvalue weighted by Gasteiger charge is -2.40. The lowest BCUT2D eigenvalue weighted by Crippen LogP contribution is -2.49. The van der Waals surface area contributed by atoms with Gasteiger partial charge in [-0.05, 0) is 62.9 Å². The summed E-state index contributed by atoms with van der Waals surface area (Å²) in [6, 6.07) is 0.593. The molecule has 0 N–H and O–H groups in total. The van der Waals surface area contributed by atoms with Crippen molar-refractivity contribution in [2.24, 2.45) is 0 Å². The Kier molecular flexibility index (Phi) is 5.75. The highest BCUT2D eigenvalue weighted by Crippen LogP contribution is 2.32. The van der Waals surface area contributed by atoms with Crippen LogP contribution in [-0.4, -0.2) is 69.3 Å².